The number of halogens is 1. The Balaban J connectivity index is 1.54. The lowest BCUT2D eigenvalue weighted by molar-refractivity contribution is -0.140. The van der Waals surface area contributed by atoms with E-state index in [1.54, 1.807) is 54.6 Å². The molecular formula is C38H42ClN3O5S. The Labute approximate surface area is 288 Å². The van der Waals surface area contributed by atoms with E-state index in [-0.39, 0.29) is 29.8 Å². The highest BCUT2D eigenvalue weighted by molar-refractivity contribution is 7.92. The first-order valence-electron chi connectivity index (χ1n) is 16.4. The number of ether oxygens (including phenoxy) is 1. The number of benzene rings is 4. The van der Waals surface area contributed by atoms with Crippen molar-refractivity contribution in [3.05, 3.63) is 125 Å². The fourth-order valence-corrected chi connectivity index (χ4v) is 7.64. The van der Waals surface area contributed by atoms with Crippen molar-refractivity contribution in [1.82, 2.24) is 10.2 Å². The Morgan fingerprint density at radius 3 is 2.12 bits per heavy atom. The van der Waals surface area contributed by atoms with Gasteiger partial charge in [-0.1, -0.05) is 97.6 Å². The summed E-state index contributed by atoms with van der Waals surface area (Å²) in [6, 6.07) is 30.4. The first-order valence-corrected chi connectivity index (χ1v) is 18.3. The number of rotatable bonds is 14. The third-order valence-corrected chi connectivity index (χ3v) is 10.7. The number of sulfonamides is 1. The summed E-state index contributed by atoms with van der Waals surface area (Å²) in [6.07, 6.45) is 5.20. The zero-order chi connectivity index (χ0) is 33.9. The predicted octanol–water partition coefficient (Wildman–Crippen LogP) is 7.02. The third kappa shape index (κ3) is 8.96. The highest BCUT2D eigenvalue weighted by atomic mass is 35.5. The molecule has 1 saturated carbocycles. The highest BCUT2D eigenvalue weighted by Gasteiger charge is 2.35. The van der Waals surface area contributed by atoms with Crippen LogP contribution in [-0.2, 0) is 32.6 Å². The predicted molar refractivity (Wildman–Crippen MR) is 190 cm³/mol. The van der Waals surface area contributed by atoms with Crippen molar-refractivity contribution in [2.75, 3.05) is 17.5 Å². The van der Waals surface area contributed by atoms with E-state index in [4.69, 9.17) is 16.3 Å². The smallest absolute Gasteiger partial charge is 0.264 e. The Morgan fingerprint density at radius 1 is 0.854 bits per heavy atom. The van der Waals surface area contributed by atoms with Crippen molar-refractivity contribution in [3.8, 4) is 5.75 Å². The number of carbonyl (C=O) groups excluding carboxylic acids is 2. The number of hydrogen-bond acceptors (Lipinski definition) is 5. The molecule has 8 nitrogen and oxygen atoms in total. The van der Waals surface area contributed by atoms with Crippen LogP contribution in [0.1, 0.15) is 50.2 Å². The van der Waals surface area contributed by atoms with Gasteiger partial charge in [-0.3, -0.25) is 13.9 Å². The maximum Gasteiger partial charge on any atom is 0.264 e. The topological polar surface area (TPSA) is 96.0 Å². The van der Waals surface area contributed by atoms with E-state index >= 15 is 0 Å². The zero-order valence-electron chi connectivity index (χ0n) is 27.1. The van der Waals surface area contributed by atoms with Crippen molar-refractivity contribution in [2.45, 2.75) is 69.0 Å². The van der Waals surface area contributed by atoms with Crippen molar-refractivity contribution >= 4 is 39.1 Å². The molecule has 1 fully saturated rings. The van der Waals surface area contributed by atoms with Gasteiger partial charge in [-0.25, -0.2) is 8.42 Å². The van der Waals surface area contributed by atoms with E-state index in [0.717, 1.165) is 42.0 Å². The van der Waals surface area contributed by atoms with E-state index in [1.807, 2.05) is 49.4 Å². The molecule has 1 aliphatic rings. The van der Waals surface area contributed by atoms with Crippen LogP contribution in [-0.4, -0.2) is 50.4 Å². The number of hydrogen-bond donors (Lipinski definition) is 1. The number of nitrogens with zero attached hydrogens (tertiary/aromatic N) is 2. The van der Waals surface area contributed by atoms with Crippen LogP contribution >= 0.6 is 11.6 Å². The van der Waals surface area contributed by atoms with Gasteiger partial charge in [0.1, 0.15) is 18.3 Å². The van der Waals surface area contributed by atoms with Crippen LogP contribution in [0.4, 0.5) is 5.69 Å². The van der Waals surface area contributed by atoms with Gasteiger partial charge in [-0.05, 0) is 73.4 Å². The van der Waals surface area contributed by atoms with Gasteiger partial charge >= 0.3 is 0 Å². The number of carbonyl (C=O) groups is 2. The van der Waals surface area contributed by atoms with Crippen LogP contribution < -0.4 is 14.4 Å². The quantitative estimate of drug-likeness (QED) is 0.154. The fourth-order valence-electron chi connectivity index (χ4n) is 6.03. The summed E-state index contributed by atoms with van der Waals surface area (Å²) in [5.41, 5.74) is 1.85. The maximum absolute atomic E-state index is 14.7. The van der Waals surface area contributed by atoms with Gasteiger partial charge < -0.3 is 15.0 Å². The minimum absolute atomic E-state index is 0.0103. The second kappa shape index (κ2) is 16.7. The lowest BCUT2D eigenvalue weighted by Gasteiger charge is -2.35. The average Bonchev–Trinajstić information content (AvgIpc) is 3.11. The van der Waals surface area contributed by atoms with E-state index in [2.05, 4.69) is 5.32 Å². The molecule has 0 saturated heterocycles. The SMILES string of the molecule is CCOc1ccc(S(=O)(=O)N(CC(=O)N(Cc2ccccc2Cl)[C@H](Cc2ccccc2)C(=O)NC2CCCCC2)c2ccccc2)cc1. The summed E-state index contributed by atoms with van der Waals surface area (Å²) >= 11 is 6.61. The van der Waals surface area contributed by atoms with Gasteiger partial charge in [0.25, 0.3) is 10.0 Å². The number of nitrogens with one attached hydrogen (secondary N) is 1. The van der Waals surface area contributed by atoms with Gasteiger partial charge in [-0.2, -0.15) is 0 Å². The largest absolute Gasteiger partial charge is 0.494 e. The molecule has 252 valence electrons. The molecule has 10 heteroatoms. The molecule has 0 aromatic heterocycles. The normalized spacial score (nSPS) is 14.1. The summed E-state index contributed by atoms with van der Waals surface area (Å²) in [5.74, 6) is -0.266. The molecular weight excluding hydrogens is 646 g/mol. The molecule has 48 heavy (non-hydrogen) atoms. The minimum atomic E-state index is -4.22. The summed E-state index contributed by atoms with van der Waals surface area (Å²) in [4.78, 5) is 30.4. The Morgan fingerprint density at radius 2 is 1.48 bits per heavy atom. The van der Waals surface area contributed by atoms with E-state index in [0.29, 0.717) is 28.6 Å². The lowest BCUT2D eigenvalue weighted by atomic mass is 9.94. The van der Waals surface area contributed by atoms with Gasteiger partial charge in [0, 0.05) is 24.0 Å². The van der Waals surface area contributed by atoms with Crippen LogP contribution in [0, 0.1) is 0 Å². The van der Waals surface area contributed by atoms with Crippen LogP contribution in [0.25, 0.3) is 0 Å². The average molecular weight is 688 g/mol. The molecule has 0 aliphatic heterocycles. The molecule has 0 spiro atoms. The van der Waals surface area contributed by atoms with E-state index < -0.39 is 28.5 Å². The number of amides is 2. The Kier molecular flexibility index (Phi) is 12.1. The van der Waals surface area contributed by atoms with Crippen LogP contribution in [0.5, 0.6) is 5.75 Å². The summed E-state index contributed by atoms with van der Waals surface area (Å²) in [7, 11) is -4.22. The summed E-state index contributed by atoms with van der Waals surface area (Å²) in [6.45, 7) is 1.77. The monoisotopic (exact) mass is 687 g/mol. The lowest BCUT2D eigenvalue weighted by Crippen LogP contribution is -2.55. The molecule has 4 aromatic carbocycles. The van der Waals surface area contributed by atoms with Crippen LogP contribution in [0.15, 0.2) is 114 Å². The standard InChI is InChI=1S/C38H42ClN3O5S/c1-2-47-33-22-24-34(25-23-33)48(45,46)42(32-19-10-5-11-20-32)28-37(43)41(27-30-16-12-13-21-35(30)39)36(26-29-14-6-3-7-15-29)38(44)40-31-17-8-4-9-18-31/h3,5-7,10-16,19-25,31,36H,2,4,8-9,17-18,26-28H2,1H3,(H,40,44)/t36-/m1/s1. The molecule has 1 N–H and O–H groups in total. The van der Waals surface area contributed by atoms with Crippen LogP contribution in [0.3, 0.4) is 0 Å². The summed E-state index contributed by atoms with van der Waals surface area (Å²) in [5, 5.41) is 3.67. The van der Waals surface area contributed by atoms with Gasteiger partial charge in [-0.15, -0.1) is 0 Å². The summed E-state index contributed by atoms with van der Waals surface area (Å²) < 4.78 is 35.1. The molecule has 0 heterocycles. The molecule has 0 bridgehead atoms. The third-order valence-electron chi connectivity index (χ3n) is 8.57. The van der Waals surface area contributed by atoms with Crippen molar-refractivity contribution in [2.24, 2.45) is 0 Å². The van der Waals surface area contributed by atoms with Gasteiger partial charge in [0.2, 0.25) is 11.8 Å². The minimum Gasteiger partial charge on any atom is -0.494 e. The molecule has 5 rings (SSSR count). The van der Waals surface area contributed by atoms with Gasteiger partial charge in [0.15, 0.2) is 0 Å². The molecule has 4 aromatic rings. The van der Waals surface area contributed by atoms with Crippen molar-refractivity contribution in [1.29, 1.82) is 0 Å². The molecule has 0 radical (unpaired) electrons. The second-order valence-corrected chi connectivity index (χ2v) is 14.2. The first kappa shape index (κ1) is 35.0. The number of para-hydroxylation sites is 1. The van der Waals surface area contributed by atoms with Crippen LogP contribution in [0.2, 0.25) is 5.02 Å². The van der Waals surface area contributed by atoms with Gasteiger partial charge in [0.05, 0.1) is 17.2 Å². The zero-order valence-corrected chi connectivity index (χ0v) is 28.7. The van der Waals surface area contributed by atoms with Crippen molar-refractivity contribution in [3.63, 3.8) is 0 Å². The van der Waals surface area contributed by atoms with Crippen molar-refractivity contribution < 1.29 is 22.7 Å². The Hall–Kier alpha value is -4.34. The first-order chi connectivity index (χ1) is 23.3. The molecule has 2 amide bonds. The second-order valence-electron chi connectivity index (χ2n) is 11.9. The number of anilines is 1. The van der Waals surface area contributed by atoms with E-state index in [9.17, 15) is 18.0 Å². The fraction of sp³-hybridized carbons (Fsp3) is 0.316. The molecule has 1 aliphatic carbocycles. The highest BCUT2D eigenvalue weighted by Crippen LogP contribution is 2.27. The molecule has 0 unspecified atom stereocenters. The van der Waals surface area contributed by atoms with E-state index in [1.165, 1.54) is 17.0 Å². The molecule has 1 atom stereocenters. The maximum atomic E-state index is 14.7. The Bertz CT molecular complexity index is 1750.